The van der Waals surface area contributed by atoms with Crippen LogP contribution >= 0.6 is 11.8 Å². The third-order valence-electron chi connectivity index (χ3n) is 2.96. The van der Waals surface area contributed by atoms with Crippen molar-refractivity contribution in [3.8, 4) is 6.07 Å². The van der Waals surface area contributed by atoms with Crippen LogP contribution in [0.15, 0.2) is 76.0 Å². The third kappa shape index (κ3) is 3.84. The molecule has 21 heavy (non-hydrogen) atoms. The van der Waals surface area contributed by atoms with Crippen molar-refractivity contribution < 1.29 is 4.79 Å². The molecule has 0 unspecified atom stereocenters. The van der Waals surface area contributed by atoms with Crippen LogP contribution in [0.3, 0.4) is 0 Å². The number of carbonyl (C=O) groups is 1. The molecule has 2 aromatic carbocycles. The van der Waals surface area contributed by atoms with Gasteiger partial charge in [0.2, 0.25) is 5.78 Å². The van der Waals surface area contributed by atoms with Crippen LogP contribution in [0.4, 0.5) is 0 Å². The van der Waals surface area contributed by atoms with Gasteiger partial charge in [-0.1, -0.05) is 67.2 Å². The van der Waals surface area contributed by atoms with Crippen molar-refractivity contribution in [1.82, 2.24) is 0 Å². The molecule has 0 saturated heterocycles. The molecule has 0 saturated carbocycles. The second kappa shape index (κ2) is 7.47. The molecule has 2 rings (SSSR count). The Morgan fingerprint density at radius 2 is 1.62 bits per heavy atom. The average Bonchev–Trinajstić information content (AvgIpc) is 2.56. The number of nitrogens with zero attached hydrogens (tertiary/aromatic N) is 1. The van der Waals surface area contributed by atoms with Crippen molar-refractivity contribution in [3.63, 3.8) is 0 Å². The van der Waals surface area contributed by atoms with E-state index in [2.05, 4.69) is 6.07 Å². The van der Waals surface area contributed by atoms with E-state index >= 15 is 0 Å². The zero-order valence-corrected chi connectivity index (χ0v) is 12.6. The molecule has 3 heteroatoms. The molecule has 0 fully saturated rings. The Hall–Kier alpha value is -2.31. The van der Waals surface area contributed by atoms with Crippen molar-refractivity contribution in [1.29, 1.82) is 5.26 Å². The van der Waals surface area contributed by atoms with Gasteiger partial charge in [0.1, 0.15) is 11.6 Å². The maximum absolute atomic E-state index is 12.5. The summed E-state index contributed by atoms with van der Waals surface area (Å²) in [7, 11) is 0. The van der Waals surface area contributed by atoms with E-state index in [0.717, 1.165) is 9.80 Å². The number of carbonyl (C=O) groups excluding carboxylic acids is 1. The van der Waals surface area contributed by atoms with Gasteiger partial charge in [-0.2, -0.15) is 5.26 Å². The van der Waals surface area contributed by atoms with Gasteiger partial charge in [-0.05, 0) is 18.6 Å². The molecule has 0 bridgehead atoms. The molecule has 0 aliphatic carbocycles. The minimum Gasteiger partial charge on any atom is -0.288 e. The first-order chi connectivity index (χ1) is 10.3. The summed E-state index contributed by atoms with van der Waals surface area (Å²) < 4.78 is 0. The van der Waals surface area contributed by atoms with Crippen LogP contribution in [-0.4, -0.2) is 5.78 Å². The van der Waals surface area contributed by atoms with Crippen LogP contribution < -0.4 is 0 Å². The molecule has 2 aromatic rings. The zero-order valence-electron chi connectivity index (χ0n) is 11.7. The number of allylic oxidation sites excluding steroid dienone is 2. The van der Waals surface area contributed by atoms with Gasteiger partial charge in [-0.15, -0.1) is 0 Å². The highest BCUT2D eigenvalue weighted by Crippen LogP contribution is 2.32. The number of hydrogen-bond acceptors (Lipinski definition) is 3. The van der Waals surface area contributed by atoms with E-state index in [-0.39, 0.29) is 11.4 Å². The van der Waals surface area contributed by atoms with Crippen LogP contribution in [0, 0.1) is 11.3 Å². The van der Waals surface area contributed by atoms with Gasteiger partial charge in [0.25, 0.3) is 0 Å². The zero-order chi connectivity index (χ0) is 15.1. The van der Waals surface area contributed by atoms with Gasteiger partial charge < -0.3 is 0 Å². The SMILES string of the molecule is CCC(Sc1ccccc1)=C(C#N)C(=O)c1ccccc1. The van der Waals surface area contributed by atoms with Crippen molar-refractivity contribution in [2.24, 2.45) is 0 Å². The van der Waals surface area contributed by atoms with Gasteiger partial charge in [0.05, 0.1) is 0 Å². The Bertz CT molecular complexity index is 684. The first kappa shape index (κ1) is 15.1. The van der Waals surface area contributed by atoms with Gasteiger partial charge in [-0.3, -0.25) is 4.79 Å². The summed E-state index contributed by atoms with van der Waals surface area (Å²) in [6.45, 7) is 1.96. The van der Waals surface area contributed by atoms with Gasteiger partial charge in [-0.25, -0.2) is 0 Å². The van der Waals surface area contributed by atoms with E-state index in [4.69, 9.17) is 0 Å². The lowest BCUT2D eigenvalue weighted by molar-refractivity contribution is 0.103. The Kier molecular flexibility index (Phi) is 5.36. The van der Waals surface area contributed by atoms with Crippen molar-refractivity contribution in [3.05, 3.63) is 76.7 Å². The topological polar surface area (TPSA) is 40.9 Å². The number of rotatable bonds is 5. The second-order valence-electron chi connectivity index (χ2n) is 4.37. The summed E-state index contributed by atoms with van der Waals surface area (Å²) >= 11 is 1.48. The number of ketones is 1. The smallest absolute Gasteiger partial charge is 0.204 e. The molecular formula is C18H15NOS. The Morgan fingerprint density at radius 1 is 1.05 bits per heavy atom. The van der Waals surface area contributed by atoms with Crippen molar-refractivity contribution in [2.75, 3.05) is 0 Å². The van der Waals surface area contributed by atoms with Crippen LogP contribution in [0.2, 0.25) is 0 Å². The molecule has 0 amide bonds. The van der Waals surface area contributed by atoms with Crippen LogP contribution in [0.5, 0.6) is 0 Å². The largest absolute Gasteiger partial charge is 0.288 e. The number of thioether (sulfide) groups is 1. The molecule has 2 nitrogen and oxygen atoms in total. The highest BCUT2D eigenvalue weighted by molar-refractivity contribution is 8.03. The van der Waals surface area contributed by atoms with E-state index < -0.39 is 0 Å². The fourth-order valence-electron chi connectivity index (χ4n) is 1.90. The molecular weight excluding hydrogens is 278 g/mol. The van der Waals surface area contributed by atoms with E-state index in [0.29, 0.717) is 12.0 Å². The lowest BCUT2D eigenvalue weighted by Crippen LogP contribution is -2.04. The molecule has 0 heterocycles. The highest BCUT2D eigenvalue weighted by atomic mass is 32.2. The molecule has 104 valence electrons. The minimum atomic E-state index is -0.210. The second-order valence-corrected chi connectivity index (χ2v) is 5.54. The maximum atomic E-state index is 12.5. The normalized spacial score (nSPS) is 11.4. The average molecular weight is 293 g/mol. The number of Topliss-reactive ketones (excluding diaryl/α,β-unsaturated/α-hetero) is 1. The molecule has 0 aliphatic rings. The first-order valence-corrected chi connectivity index (χ1v) is 7.53. The van der Waals surface area contributed by atoms with Gasteiger partial charge in [0.15, 0.2) is 0 Å². The molecule has 0 radical (unpaired) electrons. The lowest BCUT2D eigenvalue weighted by Gasteiger charge is -2.08. The van der Waals surface area contributed by atoms with Crippen molar-refractivity contribution >= 4 is 17.5 Å². The Balaban J connectivity index is 2.36. The van der Waals surface area contributed by atoms with E-state index in [1.54, 1.807) is 24.3 Å². The molecule has 0 N–H and O–H groups in total. The lowest BCUT2D eigenvalue weighted by atomic mass is 10.0. The van der Waals surface area contributed by atoms with Gasteiger partial charge in [0, 0.05) is 15.4 Å². The van der Waals surface area contributed by atoms with Crippen molar-refractivity contribution in [2.45, 2.75) is 18.2 Å². The van der Waals surface area contributed by atoms with Crippen LogP contribution in [0.25, 0.3) is 0 Å². The first-order valence-electron chi connectivity index (χ1n) is 6.72. The minimum absolute atomic E-state index is 0.210. The van der Waals surface area contributed by atoms with E-state index in [1.807, 2.05) is 43.3 Å². The predicted molar refractivity (Wildman–Crippen MR) is 86.0 cm³/mol. The molecule has 0 aromatic heterocycles. The third-order valence-corrected chi connectivity index (χ3v) is 4.21. The van der Waals surface area contributed by atoms with E-state index in [9.17, 15) is 10.1 Å². The predicted octanol–water partition coefficient (Wildman–Crippen LogP) is 4.85. The van der Waals surface area contributed by atoms with Gasteiger partial charge >= 0.3 is 0 Å². The number of hydrogen-bond donors (Lipinski definition) is 0. The fraction of sp³-hybridized carbons (Fsp3) is 0.111. The monoisotopic (exact) mass is 293 g/mol. The highest BCUT2D eigenvalue weighted by Gasteiger charge is 2.17. The molecule has 0 spiro atoms. The summed E-state index contributed by atoms with van der Waals surface area (Å²) in [5.41, 5.74) is 0.784. The Morgan fingerprint density at radius 3 is 2.14 bits per heavy atom. The standard InChI is InChI=1S/C18H15NOS/c1-2-17(21-15-11-7-4-8-12-15)16(13-19)18(20)14-9-5-3-6-10-14/h3-12H,2H2,1H3. The number of benzene rings is 2. The van der Waals surface area contributed by atoms with E-state index in [1.165, 1.54) is 11.8 Å². The molecule has 0 aliphatic heterocycles. The molecule has 0 atom stereocenters. The summed E-state index contributed by atoms with van der Waals surface area (Å²) in [5, 5.41) is 9.40. The fourth-order valence-corrected chi connectivity index (χ4v) is 2.87. The maximum Gasteiger partial charge on any atom is 0.204 e. The quantitative estimate of drug-likeness (QED) is 0.342. The van der Waals surface area contributed by atoms with Crippen LogP contribution in [0.1, 0.15) is 23.7 Å². The number of nitriles is 1. The van der Waals surface area contributed by atoms with Crippen LogP contribution in [-0.2, 0) is 0 Å². The summed E-state index contributed by atoms with van der Waals surface area (Å²) in [6.07, 6.45) is 0.654. The Labute approximate surface area is 129 Å². The summed E-state index contributed by atoms with van der Waals surface area (Å²) in [5.74, 6) is -0.210. The summed E-state index contributed by atoms with van der Waals surface area (Å²) in [4.78, 5) is 14.3. The summed E-state index contributed by atoms with van der Waals surface area (Å²) in [6, 6.07) is 20.8.